The maximum atomic E-state index is 12.2. The predicted molar refractivity (Wildman–Crippen MR) is 113 cm³/mol. The summed E-state index contributed by atoms with van der Waals surface area (Å²) in [6.07, 6.45) is 0. The molecule has 0 spiro atoms. The number of nitrogen functional groups attached to an aromatic ring is 2. The molecule has 2 amide bonds. The smallest absolute Gasteiger partial charge is 0.249 e. The van der Waals surface area contributed by atoms with Crippen LogP contribution in [-0.2, 0) is 0 Å². The number of amides is 2. The molecule has 3 aromatic rings. The van der Waals surface area contributed by atoms with E-state index in [2.05, 4.69) is 0 Å². The third-order valence-electron chi connectivity index (χ3n) is 4.26. The molecule has 6 nitrogen and oxygen atoms in total. The van der Waals surface area contributed by atoms with Crippen molar-refractivity contribution in [3.63, 3.8) is 0 Å². The Balaban J connectivity index is 2.52. The number of rotatable bonds is 4. The third-order valence-corrected chi connectivity index (χ3v) is 4.89. The minimum atomic E-state index is -0.702. The molecule has 0 aliphatic carbocycles. The maximum absolute atomic E-state index is 12.2. The van der Waals surface area contributed by atoms with E-state index < -0.39 is 11.8 Å². The molecule has 28 heavy (non-hydrogen) atoms. The van der Waals surface area contributed by atoms with E-state index in [0.29, 0.717) is 33.6 Å². The van der Waals surface area contributed by atoms with Gasteiger partial charge in [-0.15, -0.1) is 0 Å². The first kappa shape index (κ1) is 19.5. The lowest BCUT2D eigenvalue weighted by Crippen LogP contribution is -2.17. The molecule has 3 rings (SSSR count). The number of carbonyl (C=O) groups excluding carboxylic acids is 2. The number of halogens is 2. The monoisotopic (exact) mass is 414 g/mol. The molecule has 0 radical (unpaired) electrons. The quantitative estimate of drug-likeness (QED) is 0.483. The summed E-state index contributed by atoms with van der Waals surface area (Å²) in [5, 5.41) is 0.550. The number of anilines is 2. The number of carbonyl (C=O) groups is 2. The normalized spacial score (nSPS) is 10.6. The Morgan fingerprint density at radius 1 is 0.643 bits per heavy atom. The lowest BCUT2D eigenvalue weighted by Gasteiger charge is -2.19. The molecule has 0 aliphatic heterocycles. The van der Waals surface area contributed by atoms with E-state index in [0.717, 1.165) is 0 Å². The molecule has 8 heteroatoms. The number of benzene rings is 3. The second-order valence-corrected chi connectivity index (χ2v) is 6.93. The van der Waals surface area contributed by atoms with Gasteiger partial charge >= 0.3 is 0 Å². The highest BCUT2D eigenvalue weighted by Gasteiger charge is 2.24. The molecular formula is C20H16Cl2N4O2. The van der Waals surface area contributed by atoms with Crippen molar-refractivity contribution in [3.05, 3.63) is 69.7 Å². The van der Waals surface area contributed by atoms with Crippen LogP contribution in [0.4, 0.5) is 11.4 Å². The summed E-state index contributed by atoms with van der Waals surface area (Å²) in [6, 6.07) is 12.4. The van der Waals surface area contributed by atoms with Gasteiger partial charge in [-0.2, -0.15) is 0 Å². The van der Waals surface area contributed by atoms with Crippen molar-refractivity contribution in [2.75, 3.05) is 11.5 Å². The fraction of sp³-hybridized carbons (Fsp3) is 0. The molecular weight excluding hydrogens is 399 g/mol. The fourth-order valence-electron chi connectivity index (χ4n) is 3.04. The number of hydrogen-bond donors (Lipinski definition) is 4. The van der Waals surface area contributed by atoms with Crippen LogP contribution in [0.25, 0.3) is 22.3 Å². The molecule has 0 fully saturated rings. The second-order valence-electron chi connectivity index (χ2n) is 6.12. The van der Waals surface area contributed by atoms with Gasteiger partial charge < -0.3 is 22.9 Å². The van der Waals surface area contributed by atoms with Gasteiger partial charge in [0, 0.05) is 44.8 Å². The van der Waals surface area contributed by atoms with Crippen molar-refractivity contribution in [1.82, 2.24) is 0 Å². The van der Waals surface area contributed by atoms with Crippen molar-refractivity contribution in [1.29, 1.82) is 0 Å². The molecule has 0 aliphatic rings. The van der Waals surface area contributed by atoms with Crippen LogP contribution in [0.1, 0.15) is 20.7 Å². The van der Waals surface area contributed by atoms with Crippen LogP contribution in [0.2, 0.25) is 10.0 Å². The zero-order valence-electron chi connectivity index (χ0n) is 14.5. The van der Waals surface area contributed by atoms with Crippen molar-refractivity contribution in [2.45, 2.75) is 0 Å². The van der Waals surface area contributed by atoms with Crippen molar-refractivity contribution >= 4 is 46.4 Å². The summed E-state index contributed by atoms with van der Waals surface area (Å²) in [4.78, 5) is 24.3. The number of hydrogen-bond acceptors (Lipinski definition) is 4. The van der Waals surface area contributed by atoms with Crippen molar-refractivity contribution < 1.29 is 9.59 Å². The van der Waals surface area contributed by atoms with Crippen LogP contribution < -0.4 is 22.9 Å². The zero-order valence-corrected chi connectivity index (χ0v) is 16.0. The summed E-state index contributed by atoms with van der Waals surface area (Å²) in [5.41, 5.74) is 25.5. The van der Waals surface area contributed by atoms with Crippen LogP contribution in [0.5, 0.6) is 0 Å². The Morgan fingerprint density at radius 3 is 1.29 bits per heavy atom. The Morgan fingerprint density at radius 2 is 1.00 bits per heavy atom. The van der Waals surface area contributed by atoms with Gasteiger partial charge in [-0.05, 0) is 36.4 Å². The molecule has 0 saturated heterocycles. The summed E-state index contributed by atoms with van der Waals surface area (Å²) < 4.78 is 0. The van der Waals surface area contributed by atoms with E-state index in [9.17, 15) is 9.59 Å². The Kier molecular flexibility index (Phi) is 5.18. The third kappa shape index (κ3) is 3.47. The van der Waals surface area contributed by atoms with Crippen LogP contribution >= 0.6 is 23.2 Å². The van der Waals surface area contributed by atoms with Gasteiger partial charge in [0.2, 0.25) is 11.8 Å². The molecule has 0 unspecified atom stereocenters. The Bertz CT molecular complexity index is 1040. The zero-order chi connectivity index (χ0) is 20.6. The average molecular weight is 415 g/mol. The van der Waals surface area contributed by atoms with Gasteiger partial charge in [-0.1, -0.05) is 35.3 Å². The van der Waals surface area contributed by atoms with Crippen molar-refractivity contribution in [2.24, 2.45) is 11.5 Å². The van der Waals surface area contributed by atoms with Gasteiger partial charge in [0.15, 0.2) is 0 Å². The van der Waals surface area contributed by atoms with E-state index in [1.165, 1.54) is 24.3 Å². The largest absolute Gasteiger partial charge is 0.399 e. The summed E-state index contributed by atoms with van der Waals surface area (Å²) in [7, 11) is 0. The fourth-order valence-corrected chi connectivity index (χ4v) is 3.61. The standard InChI is InChI=1S/C20H16Cl2N4O2/c21-15-7-9(23)1-3-11(15)17-13(19(25)27)5-6-14(20(26)28)18(17)12-4-2-10(24)8-16(12)22/h1-8H,23-24H2,(H2,25,27)(H2,26,28). The highest BCUT2D eigenvalue weighted by atomic mass is 35.5. The Labute approximate surface area is 171 Å². The van der Waals surface area contributed by atoms with Gasteiger partial charge in [0.25, 0.3) is 0 Å². The van der Waals surface area contributed by atoms with Gasteiger partial charge in [0.05, 0.1) is 10.0 Å². The summed E-state index contributed by atoms with van der Waals surface area (Å²) in [5.74, 6) is -1.40. The molecule has 0 bridgehead atoms. The SMILES string of the molecule is NC(=O)c1ccc(C(N)=O)c(-c2ccc(N)cc2Cl)c1-c1ccc(N)cc1Cl. The van der Waals surface area contributed by atoms with Gasteiger partial charge in [-0.3, -0.25) is 9.59 Å². The predicted octanol–water partition coefficient (Wildman–Crippen LogP) is 3.69. The number of nitrogens with two attached hydrogens (primary N) is 4. The summed E-state index contributed by atoms with van der Waals surface area (Å²) in [6.45, 7) is 0. The molecule has 142 valence electrons. The molecule has 3 aromatic carbocycles. The topological polar surface area (TPSA) is 138 Å². The highest BCUT2D eigenvalue weighted by molar-refractivity contribution is 6.36. The van der Waals surface area contributed by atoms with E-state index in [1.807, 2.05) is 0 Å². The van der Waals surface area contributed by atoms with Gasteiger partial charge in [0.1, 0.15) is 0 Å². The first-order valence-corrected chi connectivity index (χ1v) is 8.83. The first-order chi connectivity index (χ1) is 13.2. The van der Waals surface area contributed by atoms with E-state index in [-0.39, 0.29) is 21.2 Å². The lowest BCUT2D eigenvalue weighted by molar-refractivity contribution is 0.0989. The van der Waals surface area contributed by atoms with Crippen LogP contribution in [-0.4, -0.2) is 11.8 Å². The minimum absolute atomic E-state index is 0.152. The van der Waals surface area contributed by atoms with Crippen LogP contribution in [0.15, 0.2) is 48.5 Å². The molecule has 0 heterocycles. The molecule has 0 saturated carbocycles. The second kappa shape index (κ2) is 7.42. The number of primary amides is 2. The van der Waals surface area contributed by atoms with E-state index >= 15 is 0 Å². The van der Waals surface area contributed by atoms with Crippen molar-refractivity contribution in [3.8, 4) is 22.3 Å². The summed E-state index contributed by atoms with van der Waals surface area (Å²) >= 11 is 12.8. The van der Waals surface area contributed by atoms with Crippen LogP contribution in [0, 0.1) is 0 Å². The van der Waals surface area contributed by atoms with Gasteiger partial charge in [-0.25, -0.2) is 0 Å². The molecule has 0 aromatic heterocycles. The highest BCUT2D eigenvalue weighted by Crippen LogP contribution is 2.43. The first-order valence-electron chi connectivity index (χ1n) is 8.08. The molecule has 0 atom stereocenters. The maximum Gasteiger partial charge on any atom is 0.249 e. The average Bonchev–Trinajstić information content (AvgIpc) is 2.61. The Hall–Kier alpha value is -3.22. The minimum Gasteiger partial charge on any atom is -0.399 e. The van der Waals surface area contributed by atoms with Crippen LogP contribution in [0.3, 0.4) is 0 Å². The molecule has 8 N–H and O–H groups in total. The lowest BCUT2D eigenvalue weighted by atomic mass is 9.86. The van der Waals surface area contributed by atoms with E-state index in [1.54, 1.807) is 24.3 Å². The van der Waals surface area contributed by atoms with E-state index in [4.69, 9.17) is 46.1 Å².